The third-order valence-electron chi connectivity index (χ3n) is 6.49. The van der Waals surface area contributed by atoms with Gasteiger partial charge in [-0.25, -0.2) is 19.6 Å². The van der Waals surface area contributed by atoms with Crippen molar-refractivity contribution in [2.24, 2.45) is 0 Å². The first kappa shape index (κ1) is 20.6. The molecule has 1 atom stereocenters. The number of pyridine rings is 1. The van der Waals surface area contributed by atoms with Crippen LogP contribution >= 0.6 is 0 Å². The van der Waals surface area contributed by atoms with Gasteiger partial charge in [0.2, 0.25) is 0 Å². The molecule has 2 aliphatic heterocycles. The van der Waals surface area contributed by atoms with Crippen LogP contribution in [0.15, 0.2) is 47.7 Å². The summed E-state index contributed by atoms with van der Waals surface area (Å²) in [5.74, 6) is 0.754. The summed E-state index contributed by atoms with van der Waals surface area (Å²) in [7, 11) is 1.62. The maximum absolute atomic E-state index is 13.2. The quantitative estimate of drug-likeness (QED) is 0.435. The largest absolute Gasteiger partial charge is 0.497 e. The number of rotatable bonds is 5. The summed E-state index contributed by atoms with van der Waals surface area (Å²) in [4.78, 5) is 38.0. The van der Waals surface area contributed by atoms with E-state index in [9.17, 15) is 9.59 Å². The first-order valence-corrected chi connectivity index (χ1v) is 11.1. The topological polar surface area (TPSA) is 107 Å². The highest BCUT2D eigenvalue weighted by Crippen LogP contribution is 2.22. The molecule has 0 spiro atoms. The highest BCUT2D eigenvalue weighted by atomic mass is 16.6. The van der Waals surface area contributed by atoms with Crippen molar-refractivity contribution in [1.29, 1.82) is 0 Å². The van der Waals surface area contributed by atoms with E-state index in [0.717, 1.165) is 35.4 Å². The summed E-state index contributed by atoms with van der Waals surface area (Å²) in [5.41, 5.74) is 2.70. The van der Waals surface area contributed by atoms with Crippen LogP contribution in [-0.4, -0.2) is 79.4 Å². The zero-order valence-electron chi connectivity index (χ0n) is 18.6. The minimum atomic E-state index is -0.293. The molecule has 1 unspecified atom stereocenters. The molecule has 4 aromatic rings. The lowest BCUT2D eigenvalue weighted by Crippen LogP contribution is -2.51. The van der Waals surface area contributed by atoms with E-state index in [-0.39, 0.29) is 17.8 Å². The fraction of sp³-hybridized carbons (Fsp3) is 0.348. The number of carbonyl (C=O) groups is 1. The highest BCUT2D eigenvalue weighted by Gasteiger charge is 2.37. The van der Waals surface area contributed by atoms with Crippen LogP contribution in [0, 0.1) is 0 Å². The van der Waals surface area contributed by atoms with Gasteiger partial charge in [0, 0.05) is 32.4 Å². The molecular formula is C23H23N7O4. The van der Waals surface area contributed by atoms with E-state index in [1.54, 1.807) is 16.6 Å². The SMILES string of the molecule is COc1ccc(Cn2c(=O)n3ncnc3c3cc(CN4CCN5C(=O)OCC5C4)cnc32)cc1. The van der Waals surface area contributed by atoms with Crippen LogP contribution in [0.5, 0.6) is 5.75 Å². The van der Waals surface area contributed by atoms with Crippen LogP contribution in [-0.2, 0) is 17.8 Å². The predicted molar refractivity (Wildman–Crippen MR) is 122 cm³/mol. The van der Waals surface area contributed by atoms with Crippen LogP contribution in [0.3, 0.4) is 0 Å². The first-order valence-electron chi connectivity index (χ1n) is 11.1. The number of fused-ring (bicyclic) bond motifs is 4. The number of ether oxygens (including phenoxy) is 2. The number of cyclic esters (lactones) is 1. The maximum atomic E-state index is 13.2. The molecule has 2 fully saturated rings. The normalized spacial score (nSPS) is 18.4. The molecule has 11 heteroatoms. The molecule has 11 nitrogen and oxygen atoms in total. The number of piperazine rings is 1. The molecule has 0 radical (unpaired) electrons. The molecule has 2 saturated heterocycles. The van der Waals surface area contributed by atoms with Gasteiger partial charge >= 0.3 is 11.8 Å². The molecule has 0 saturated carbocycles. The summed E-state index contributed by atoms with van der Waals surface area (Å²) in [6, 6.07) is 9.70. The Morgan fingerprint density at radius 3 is 2.74 bits per heavy atom. The van der Waals surface area contributed by atoms with E-state index in [2.05, 4.69) is 20.0 Å². The average Bonchev–Trinajstić information content (AvgIpc) is 3.50. The zero-order chi connectivity index (χ0) is 23.2. The van der Waals surface area contributed by atoms with Crippen LogP contribution in [0.4, 0.5) is 4.79 Å². The number of aromatic nitrogens is 5. The van der Waals surface area contributed by atoms with E-state index in [4.69, 9.17) is 9.47 Å². The minimum absolute atomic E-state index is 0.0903. The van der Waals surface area contributed by atoms with Gasteiger partial charge in [-0.2, -0.15) is 9.61 Å². The smallest absolute Gasteiger partial charge is 0.410 e. The van der Waals surface area contributed by atoms with E-state index >= 15 is 0 Å². The lowest BCUT2D eigenvalue weighted by Gasteiger charge is -2.35. The maximum Gasteiger partial charge on any atom is 0.410 e. The standard InChI is InChI=1S/C23H23N7O4/c1-33-18-4-2-15(3-5-18)11-29-20-19(21-25-14-26-30(21)22(29)31)8-16(9-24-20)10-27-6-7-28-17(12-27)13-34-23(28)32/h2-5,8-9,14,17H,6-7,10-13H2,1H3. The molecular weight excluding hydrogens is 438 g/mol. The van der Waals surface area contributed by atoms with Gasteiger partial charge in [0.05, 0.1) is 25.1 Å². The number of hydrogen-bond acceptors (Lipinski definition) is 8. The van der Waals surface area contributed by atoms with Gasteiger partial charge in [-0.1, -0.05) is 12.1 Å². The Bertz CT molecular complexity index is 1450. The molecule has 34 heavy (non-hydrogen) atoms. The lowest BCUT2D eigenvalue weighted by molar-refractivity contribution is 0.115. The summed E-state index contributed by atoms with van der Waals surface area (Å²) >= 11 is 0. The van der Waals surface area contributed by atoms with Crippen molar-refractivity contribution in [2.45, 2.75) is 19.1 Å². The second-order valence-corrected chi connectivity index (χ2v) is 8.59. The van der Waals surface area contributed by atoms with E-state index in [1.807, 2.05) is 36.5 Å². The van der Waals surface area contributed by atoms with Gasteiger partial charge in [0.25, 0.3) is 0 Å². The first-order chi connectivity index (χ1) is 16.6. The Morgan fingerprint density at radius 1 is 1.06 bits per heavy atom. The zero-order valence-corrected chi connectivity index (χ0v) is 18.6. The fourth-order valence-electron chi connectivity index (χ4n) is 4.75. The Morgan fingerprint density at radius 2 is 1.91 bits per heavy atom. The summed E-state index contributed by atoms with van der Waals surface area (Å²) < 4.78 is 13.3. The second-order valence-electron chi connectivity index (χ2n) is 8.59. The number of amides is 1. The summed E-state index contributed by atoms with van der Waals surface area (Å²) in [6.45, 7) is 3.63. The van der Waals surface area contributed by atoms with Gasteiger partial charge < -0.3 is 9.47 Å². The molecule has 1 aromatic carbocycles. The summed E-state index contributed by atoms with van der Waals surface area (Å²) in [6.07, 6.45) is 2.97. The van der Waals surface area contributed by atoms with Gasteiger partial charge in [-0.3, -0.25) is 14.4 Å². The van der Waals surface area contributed by atoms with Crippen molar-refractivity contribution in [2.75, 3.05) is 33.4 Å². The molecule has 1 amide bonds. The Labute approximate surface area is 194 Å². The van der Waals surface area contributed by atoms with Crippen molar-refractivity contribution >= 4 is 22.8 Å². The monoisotopic (exact) mass is 461 g/mol. The third kappa shape index (κ3) is 3.45. The van der Waals surface area contributed by atoms with Crippen LogP contribution in [0.1, 0.15) is 11.1 Å². The van der Waals surface area contributed by atoms with Crippen molar-refractivity contribution in [3.63, 3.8) is 0 Å². The minimum Gasteiger partial charge on any atom is -0.497 e. The Balaban J connectivity index is 1.34. The Hall–Kier alpha value is -3.99. The van der Waals surface area contributed by atoms with E-state index in [1.165, 1.54) is 10.8 Å². The lowest BCUT2D eigenvalue weighted by atomic mass is 10.1. The molecule has 6 rings (SSSR count). The molecule has 0 N–H and O–H groups in total. The molecule has 3 aromatic heterocycles. The molecule has 2 aliphatic rings. The number of hydrogen-bond donors (Lipinski definition) is 0. The third-order valence-corrected chi connectivity index (χ3v) is 6.49. The van der Waals surface area contributed by atoms with Crippen LogP contribution < -0.4 is 10.4 Å². The number of benzene rings is 1. The van der Waals surface area contributed by atoms with Crippen LogP contribution in [0.25, 0.3) is 16.7 Å². The number of carbonyl (C=O) groups excluding carboxylic acids is 1. The molecule has 174 valence electrons. The van der Waals surface area contributed by atoms with Crippen molar-refractivity contribution < 1.29 is 14.3 Å². The van der Waals surface area contributed by atoms with Gasteiger partial charge in [0.1, 0.15) is 24.3 Å². The highest BCUT2D eigenvalue weighted by molar-refractivity contribution is 5.89. The fourth-order valence-corrected chi connectivity index (χ4v) is 4.75. The molecule has 0 aliphatic carbocycles. The molecule has 0 bridgehead atoms. The van der Waals surface area contributed by atoms with E-state index in [0.29, 0.717) is 37.5 Å². The van der Waals surface area contributed by atoms with Gasteiger partial charge in [-0.05, 0) is 29.3 Å². The van der Waals surface area contributed by atoms with Crippen molar-refractivity contribution in [3.8, 4) is 5.75 Å². The predicted octanol–water partition coefficient (Wildman–Crippen LogP) is 1.13. The number of nitrogens with zero attached hydrogens (tertiary/aromatic N) is 7. The Kier molecular flexibility index (Phi) is 4.91. The number of methoxy groups -OCH3 is 1. The van der Waals surface area contributed by atoms with Crippen LogP contribution in [0.2, 0.25) is 0 Å². The molecule has 5 heterocycles. The average molecular weight is 461 g/mol. The van der Waals surface area contributed by atoms with Crippen molar-refractivity contribution in [3.05, 3.63) is 64.5 Å². The summed E-state index contributed by atoms with van der Waals surface area (Å²) in [5, 5.41) is 4.91. The van der Waals surface area contributed by atoms with E-state index < -0.39 is 0 Å². The second kappa shape index (κ2) is 8.10. The van der Waals surface area contributed by atoms with Gasteiger partial charge in [-0.15, -0.1) is 0 Å². The van der Waals surface area contributed by atoms with Gasteiger partial charge in [0.15, 0.2) is 5.65 Å². The van der Waals surface area contributed by atoms with Crippen molar-refractivity contribution in [1.82, 2.24) is 33.9 Å².